The number of nitrogens with one attached hydrogen (secondary N) is 1. The number of carbonyl (C=O) groups excluding carboxylic acids is 2. The molecule has 0 saturated carbocycles. The van der Waals surface area contributed by atoms with Gasteiger partial charge in [0.15, 0.2) is 0 Å². The quantitative estimate of drug-likeness (QED) is 0.246. The van der Waals surface area contributed by atoms with Crippen molar-refractivity contribution < 1.29 is 14.3 Å². The molecule has 6 nitrogen and oxygen atoms in total. The van der Waals surface area contributed by atoms with Gasteiger partial charge in [-0.2, -0.15) is 0 Å². The largest absolute Gasteiger partial charge is 0.443 e. The molecule has 3 aromatic carbocycles. The Balaban J connectivity index is 1.52. The first-order valence-corrected chi connectivity index (χ1v) is 13.2. The Morgan fingerprint density at radius 1 is 0.895 bits per heavy atom. The maximum Gasteiger partial charge on any atom is 0.414 e. The van der Waals surface area contributed by atoms with Crippen LogP contribution in [0.1, 0.15) is 36.8 Å². The normalized spacial score (nSPS) is 11.1. The van der Waals surface area contributed by atoms with Gasteiger partial charge in [-0.1, -0.05) is 52.3 Å². The molecule has 4 aromatic rings. The lowest BCUT2D eigenvalue weighted by molar-refractivity contribution is 0.0580. The minimum atomic E-state index is -0.629. The second-order valence-electron chi connectivity index (χ2n) is 9.76. The number of benzene rings is 3. The van der Waals surface area contributed by atoms with E-state index in [1.54, 1.807) is 35.4 Å². The van der Waals surface area contributed by atoms with Gasteiger partial charge in [0, 0.05) is 46.3 Å². The first kappa shape index (κ1) is 27.1. The van der Waals surface area contributed by atoms with Gasteiger partial charge in [-0.05, 0) is 86.5 Å². The van der Waals surface area contributed by atoms with Crippen LogP contribution in [0.4, 0.5) is 16.2 Å². The van der Waals surface area contributed by atoms with Gasteiger partial charge in [0.25, 0.3) is 5.91 Å². The smallest absolute Gasteiger partial charge is 0.414 e. The molecule has 0 aliphatic carbocycles. The molecule has 0 aliphatic rings. The zero-order valence-corrected chi connectivity index (χ0v) is 23.2. The van der Waals surface area contributed by atoms with Crippen molar-refractivity contribution in [3.8, 4) is 11.1 Å². The fraction of sp³-hybridized carbons (Fsp3) is 0.194. The van der Waals surface area contributed by atoms with Crippen LogP contribution in [-0.4, -0.2) is 29.1 Å². The Hall–Kier alpha value is -3.97. The summed E-state index contributed by atoms with van der Waals surface area (Å²) >= 11 is 3.46. The SMILES string of the molecule is CC(C)(C)OC(=O)N(CCc1ccccn1)c1ccc(NC(=O)c2ccccc2-c2ccc(Br)cc2)cc1. The first-order valence-electron chi connectivity index (χ1n) is 12.4. The highest BCUT2D eigenvalue weighted by Crippen LogP contribution is 2.27. The van der Waals surface area contributed by atoms with Gasteiger partial charge in [0.1, 0.15) is 5.60 Å². The van der Waals surface area contributed by atoms with Crippen LogP contribution in [0.2, 0.25) is 0 Å². The zero-order valence-electron chi connectivity index (χ0n) is 21.6. The lowest BCUT2D eigenvalue weighted by Crippen LogP contribution is -2.38. The molecule has 7 heteroatoms. The second kappa shape index (κ2) is 12.0. The van der Waals surface area contributed by atoms with Crippen molar-refractivity contribution in [1.29, 1.82) is 0 Å². The number of nitrogens with zero attached hydrogens (tertiary/aromatic N) is 2. The predicted octanol–water partition coefficient (Wildman–Crippen LogP) is 7.75. The van der Waals surface area contributed by atoms with Crippen molar-refractivity contribution in [1.82, 2.24) is 4.98 Å². The molecule has 0 radical (unpaired) electrons. The molecular formula is C31H30BrN3O3. The van der Waals surface area contributed by atoms with E-state index in [9.17, 15) is 9.59 Å². The van der Waals surface area contributed by atoms with Gasteiger partial charge in [-0.15, -0.1) is 0 Å². The van der Waals surface area contributed by atoms with Crippen LogP contribution in [-0.2, 0) is 11.2 Å². The number of pyridine rings is 1. The second-order valence-corrected chi connectivity index (χ2v) is 10.7. The van der Waals surface area contributed by atoms with E-state index in [0.717, 1.165) is 21.3 Å². The van der Waals surface area contributed by atoms with Crippen LogP contribution >= 0.6 is 15.9 Å². The Kier molecular flexibility index (Phi) is 8.59. The van der Waals surface area contributed by atoms with Crippen LogP contribution < -0.4 is 10.2 Å². The number of rotatable bonds is 7. The van der Waals surface area contributed by atoms with Gasteiger partial charge < -0.3 is 10.1 Å². The molecule has 38 heavy (non-hydrogen) atoms. The van der Waals surface area contributed by atoms with Crippen LogP contribution in [0.25, 0.3) is 11.1 Å². The number of amides is 2. The molecule has 0 spiro atoms. The van der Waals surface area contributed by atoms with Crippen LogP contribution in [0.5, 0.6) is 0 Å². The summed E-state index contributed by atoms with van der Waals surface area (Å²) in [5.74, 6) is -0.213. The third-order valence-corrected chi connectivity index (χ3v) is 6.22. The number of aromatic nitrogens is 1. The summed E-state index contributed by atoms with van der Waals surface area (Å²) in [5, 5.41) is 2.98. The summed E-state index contributed by atoms with van der Waals surface area (Å²) in [6.45, 7) is 5.92. The van der Waals surface area contributed by atoms with Gasteiger partial charge in [-0.3, -0.25) is 14.7 Å². The molecule has 4 rings (SSSR count). The van der Waals surface area contributed by atoms with E-state index in [-0.39, 0.29) is 5.91 Å². The lowest BCUT2D eigenvalue weighted by Gasteiger charge is -2.27. The highest BCUT2D eigenvalue weighted by atomic mass is 79.9. The number of anilines is 2. The van der Waals surface area contributed by atoms with E-state index >= 15 is 0 Å². The van der Waals surface area contributed by atoms with E-state index < -0.39 is 11.7 Å². The summed E-state index contributed by atoms with van der Waals surface area (Å²) in [6, 6.07) is 28.2. The third kappa shape index (κ3) is 7.29. The fourth-order valence-corrected chi connectivity index (χ4v) is 4.16. The minimum Gasteiger partial charge on any atom is -0.443 e. The minimum absolute atomic E-state index is 0.213. The highest BCUT2D eigenvalue weighted by molar-refractivity contribution is 9.10. The summed E-state index contributed by atoms with van der Waals surface area (Å²) in [5.41, 5.74) is 3.92. The Labute approximate surface area is 231 Å². The Morgan fingerprint density at radius 3 is 2.24 bits per heavy atom. The lowest BCUT2D eigenvalue weighted by atomic mass is 9.99. The van der Waals surface area contributed by atoms with E-state index in [1.165, 1.54) is 0 Å². The summed E-state index contributed by atoms with van der Waals surface area (Å²) in [7, 11) is 0. The molecule has 1 N–H and O–H groups in total. The van der Waals surface area contributed by atoms with Gasteiger partial charge in [-0.25, -0.2) is 4.79 Å². The van der Waals surface area contributed by atoms with E-state index in [4.69, 9.17) is 4.74 Å². The highest BCUT2D eigenvalue weighted by Gasteiger charge is 2.23. The van der Waals surface area contributed by atoms with Crippen molar-refractivity contribution in [2.45, 2.75) is 32.8 Å². The molecule has 0 atom stereocenters. The zero-order chi connectivity index (χ0) is 27.1. The maximum atomic E-state index is 13.2. The van der Waals surface area contributed by atoms with Crippen LogP contribution in [0.3, 0.4) is 0 Å². The third-order valence-electron chi connectivity index (χ3n) is 5.70. The van der Waals surface area contributed by atoms with Crippen molar-refractivity contribution in [2.24, 2.45) is 0 Å². The molecule has 0 aliphatic heterocycles. The van der Waals surface area contributed by atoms with Crippen molar-refractivity contribution in [3.63, 3.8) is 0 Å². The summed E-state index contributed by atoms with van der Waals surface area (Å²) < 4.78 is 6.63. The van der Waals surface area contributed by atoms with Crippen LogP contribution in [0.15, 0.2) is 102 Å². The summed E-state index contributed by atoms with van der Waals surface area (Å²) in [4.78, 5) is 32.2. The molecule has 0 unspecified atom stereocenters. The van der Waals surface area contributed by atoms with Crippen molar-refractivity contribution >= 4 is 39.3 Å². The Morgan fingerprint density at radius 2 is 1.58 bits per heavy atom. The molecule has 0 saturated heterocycles. The fourth-order valence-electron chi connectivity index (χ4n) is 3.90. The van der Waals surface area contributed by atoms with Crippen LogP contribution in [0, 0.1) is 0 Å². The summed E-state index contributed by atoms with van der Waals surface area (Å²) in [6.07, 6.45) is 1.87. The Bertz CT molecular complexity index is 1380. The number of hydrogen-bond donors (Lipinski definition) is 1. The molecule has 1 heterocycles. The van der Waals surface area contributed by atoms with E-state index in [2.05, 4.69) is 26.2 Å². The molecule has 1 aromatic heterocycles. The predicted molar refractivity (Wildman–Crippen MR) is 155 cm³/mol. The molecule has 194 valence electrons. The topological polar surface area (TPSA) is 71.5 Å². The van der Waals surface area contributed by atoms with Gasteiger partial charge in [0.2, 0.25) is 0 Å². The number of halogens is 1. The first-order chi connectivity index (χ1) is 18.2. The van der Waals surface area contributed by atoms with E-state index in [1.807, 2.05) is 87.5 Å². The molecule has 2 amide bonds. The number of ether oxygens (including phenoxy) is 1. The monoisotopic (exact) mass is 571 g/mol. The molecular weight excluding hydrogens is 542 g/mol. The molecule has 0 bridgehead atoms. The van der Waals surface area contributed by atoms with Crippen molar-refractivity contribution in [3.05, 3.63) is 113 Å². The van der Waals surface area contributed by atoms with E-state index in [0.29, 0.717) is 29.9 Å². The molecule has 0 fully saturated rings. The van der Waals surface area contributed by atoms with Gasteiger partial charge in [0.05, 0.1) is 0 Å². The number of hydrogen-bond acceptors (Lipinski definition) is 4. The van der Waals surface area contributed by atoms with Gasteiger partial charge >= 0.3 is 6.09 Å². The number of carbonyl (C=O) groups is 2. The maximum absolute atomic E-state index is 13.2. The van der Waals surface area contributed by atoms with Crippen molar-refractivity contribution in [2.75, 3.05) is 16.8 Å². The average Bonchev–Trinajstić information content (AvgIpc) is 2.90. The average molecular weight is 573 g/mol. The standard InChI is InChI=1S/C31H30BrN3O3/c1-31(2,3)38-30(37)35(21-19-24-8-6-7-20-33-24)26-17-15-25(16-18-26)34-29(36)28-10-5-4-9-27(28)22-11-13-23(32)14-12-22/h4-18,20H,19,21H2,1-3H3,(H,34,36).